The van der Waals surface area contributed by atoms with E-state index >= 15 is 0 Å². The molecule has 2 rings (SSSR count). The van der Waals surface area contributed by atoms with Gasteiger partial charge in [0.2, 0.25) is 0 Å². The molecule has 20 heavy (non-hydrogen) atoms. The van der Waals surface area contributed by atoms with Crippen LogP contribution in [0.2, 0.25) is 0 Å². The van der Waals surface area contributed by atoms with Crippen LogP contribution < -0.4 is 10.6 Å². The molecular weight excluding hydrogens is 250 g/mol. The van der Waals surface area contributed by atoms with E-state index in [2.05, 4.69) is 22.2 Å². The minimum atomic E-state index is -0.202. The van der Waals surface area contributed by atoms with Gasteiger partial charge >= 0.3 is 0 Å². The fraction of sp³-hybridized carbons (Fsp3) is 0.125. The van der Waals surface area contributed by atoms with Gasteiger partial charge in [-0.1, -0.05) is 18.2 Å². The van der Waals surface area contributed by atoms with Gasteiger partial charge in [-0.05, 0) is 36.8 Å². The summed E-state index contributed by atoms with van der Waals surface area (Å²) in [6, 6.07) is 11.6. The van der Waals surface area contributed by atoms with Gasteiger partial charge in [0.15, 0.2) is 0 Å². The predicted octanol–water partition coefficient (Wildman–Crippen LogP) is 3.05. The number of carbonyl (C=O) groups is 1. The number of aryl methyl sites for hydroxylation is 1. The van der Waals surface area contributed by atoms with Crippen molar-refractivity contribution >= 4 is 17.3 Å². The average Bonchev–Trinajstić information content (AvgIpc) is 2.45. The van der Waals surface area contributed by atoms with Crippen molar-refractivity contribution in [3.05, 3.63) is 66.5 Å². The molecule has 102 valence electrons. The number of nitrogens with zero attached hydrogens (tertiary/aromatic N) is 1. The first-order valence-corrected chi connectivity index (χ1v) is 6.38. The second-order valence-electron chi connectivity index (χ2n) is 4.43. The fourth-order valence-electron chi connectivity index (χ4n) is 1.75. The zero-order valence-electron chi connectivity index (χ0n) is 11.4. The summed E-state index contributed by atoms with van der Waals surface area (Å²) >= 11 is 0. The standard InChI is InChI=1S/C16H17N3O/c1-3-9-17-16(20)15-8-7-14(11-18-15)19-13-6-4-5-12(2)10-13/h3-8,10-11,19H,1,9H2,2H3,(H,17,20). The molecule has 0 radical (unpaired) electrons. The predicted molar refractivity (Wildman–Crippen MR) is 81.2 cm³/mol. The van der Waals surface area contributed by atoms with E-state index in [0.29, 0.717) is 12.2 Å². The van der Waals surface area contributed by atoms with Gasteiger partial charge in [-0.2, -0.15) is 0 Å². The van der Waals surface area contributed by atoms with Crippen molar-refractivity contribution in [1.82, 2.24) is 10.3 Å². The van der Waals surface area contributed by atoms with E-state index in [1.807, 2.05) is 37.3 Å². The minimum Gasteiger partial charge on any atom is -0.354 e. The maximum atomic E-state index is 11.7. The molecule has 0 atom stereocenters. The number of amides is 1. The van der Waals surface area contributed by atoms with Crippen molar-refractivity contribution in [3.8, 4) is 0 Å². The van der Waals surface area contributed by atoms with Crippen molar-refractivity contribution in [2.75, 3.05) is 11.9 Å². The van der Waals surface area contributed by atoms with Crippen molar-refractivity contribution in [2.24, 2.45) is 0 Å². The summed E-state index contributed by atoms with van der Waals surface area (Å²) in [6.07, 6.45) is 3.27. The van der Waals surface area contributed by atoms with E-state index in [-0.39, 0.29) is 5.91 Å². The summed E-state index contributed by atoms with van der Waals surface area (Å²) in [5.74, 6) is -0.202. The van der Waals surface area contributed by atoms with Crippen molar-refractivity contribution in [1.29, 1.82) is 0 Å². The van der Waals surface area contributed by atoms with Gasteiger partial charge in [-0.25, -0.2) is 4.98 Å². The topological polar surface area (TPSA) is 54.0 Å². The number of benzene rings is 1. The first-order chi connectivity index (χ1) is 9.69. The maximum absolute atomic E-state index is 11.7. The molecule has 0 aliphatic rings. The third-order valence-corrected chi connectivity index (χ3v) is 2.71. The largest absolute Gasteiger partial charge is 0.354 e. The van der Waals surface area contributed by atoms with Gasteiger partial charge < -0.3 is 10.6 Å². The average molecular weight is 267 g/mol. The number of aromatic nitrogens is 1. The number of hydrogen-bond acceptors (Lipinski definition) is 3. The highest BCUT2D eigenvalue weighted by molar-refractivity contribution is 5.92. The first kappa shape index (κ1) is 13.8. The molecule has 0 fully saturated rings. The van der Waals surface area contributed by atoms with Gasteiger partial charge in [0.05, 0.1) is 11.9 Å². The highest BCUT2D eigenvalue weighted by Gasteiger charge is 2.05. The second kappa shape index (κ2) is 6.52. The Morgan fingerprint density at radius 1 is 1.30 bits per heavy atom. The maximum Gasteiger partial charge on any atom is 0.270 e. The van der Waals surface area contributed by atoms with Crippen LogP contribution in [-0.4, -0.2) is 17.4 Å². The Kier molecular flexibility index (Phi) is 4.50. The monoisotopic (exact) mass is 267 g/mol. The molecule has 1 amide bonds. The van der Waals surface area contributed by atoms with Crippen LogP contribution in [0.25, 0.3) is 0 Å². The summed E-state index contributed by atoms with van der Waals surface area (Å²) < 4.78 is 0. The molecule has 0 bridgehead atoms. The molecule has 1 aromatic heterocycles. The SMILES string of the molecule is C=CCNC(=O)c1ccc(Nc2cccc(C)c2)cn1. The molecule has 0 saturated carbocycles. The molecule has 2 aromatic rings. The van der Waals surface area contributed by atoms with Crippen LogP contribution in [0.5, 0.6) is 0 Å². The lowest BCUT2D eigenvalue weighted by molar-refractivity contribution is 0.0953. The summed E-state index contributed by atoms with van der Waals surface area (Å²) in [6.45, 7) is 6.02. The molecular formula is C16H17N3O. The number of hydrogen-bond donors (Lipinski definition) is 2. The Morgan fingerprint density at radius 2 is 2.15 bits per heavy atom. The quantitative estimate of drug-likeness (QED) is 0.819. The normalized spacial score (nSPS) is 9.85. The number of pyridine rings is 1. The molecule has 1 heterocycles. The number of carbonyl (C=O) groups excluding carboxylic acids is 1. The highest BCUT2D eigenvalue weighted by atomic mass is 16.1. The first-order valence-electron chi connectivity index (χ1n) is 6.38. The lowest BCUT2D eigenvalue weighted by Gasteiger charge is -2.07. The molecule has 4 nitrogen and oxygen atoms in total. The van der Waals surface area contributed by atoms with E-state index in [1.54, 1.807) is 18.3 Å². The van der Waals surface area contributed by atoms with Crippen LogP contribution >= 0.6 is 0 Å². The zero-order valence-corrected chi connectivity index (χ0v) is 11.4. The Morgan fingerprint density at radius 3 is 2.80 bits per heavy atom. The van der Waals surface area contributed by atoms with Crippen LogP contribution in [-0.2, 0) is 0 Å². The van der Waals surface area contributed by atoms with Gasteiger partial charge in [-0.3, -0.25) is 4.79 Å². The molecule has 0 spiro atoms. The minimum absolute atomic E-state index is 0.202. The van der Waals surface area contributed by atoms with Crippen LogP contribution in [0.1, 0.15) is 16.1 Å². The van der Waals surface area contributed by atoms with Crippen LogP contribution in [0.15, 0.2) is 55.3 Å². The summed E-state index contributed by atoms with van der Waals surface area (Å²) in [4.78, 5) is 15.8. The van der Waals surface area contributed by atoms with E-state index < -0.39 is 0 Å². The Labute approximate surface area is 118 Å². The summed E-state index contributed by atoms with van der Waals surface area (Å²) in [5.41, 5.74) is 3.41. The van der Waals surface area contributed by atoms with Crippen LogP contribution in [0.3, 0.4) is 0 Å². The van der Waals surface area contributed by atoms with E-state index in [1.165, 1.54) is 5.56 Å². The number of anilines is 2. The van der Waals surface area contributed by atoms with Crippen molar-refractivity contribution in [2.45, 2.75) is 6.92 Å². The fourth-order valence-corrected chi connectivity index (χ4v) is 1.75. The van der Waals surface area contributed by atoms with Crippen LogP contribution in [0, 0.1) is 6.92 Å². The zero-order chi connectivity index (χ0) is 14.4. The molecule has 0 unspecified atom stereocenters. The smallest absolute Gasteiger partial charge is 0.270 e. The Hall–Kier alpha value is -2.62. The molecule has 0 saturated heterocycles. The van der Waals surface area contributed by atoms with Crippen LogP contribution in [0.4, 0.5) is 11.4 Å². The van der Waals surface area contributed by atoms with E-state index in [9.17, 15) is 4.79 Å². The third kappa shape index (κ3) is 3.68. The molecule has 0 aliphatic heterocycles. The van der Waals surface area contributed by atoms with E-state index in [0.717, 1.165) is 11.4 Å². The molecule has 4 heteroatoms. The van der Waals surface area contributed by atoms with Gasteiger partial charge in [0.25, 0.3) is 5.91 Å². The number of rotatable bonds is 5. The Bertz CT molecular complexity index is 605. The number of nitrogens with one attached hydrogen (secondary N) is 2. The molecule has 2 N–H and O–H groups in total. The highest BCUT2D eigenvalue weighted by Crippen LogP contribution is 2.16. The van der Waals surface area contributed by atoms with Gasteiger partial charge in [0, 0.05) is 12.2 Å². The van der Waals surface area contributed by atoms with Gasteiger partial charge in [0.1, 0.15) is 5.69 Å². The molecule has 1 aromatic carbocycles. The van der Waals surface area contributed by atoms with Crippen molar-refractivity contribution in [3.63, 3.8) is 0 Å². The van der Waals surface area contributed by atoms with Crippen molar-refractivity contribution < 1.29 is 4.79 Å². The summed E-state index contributed by atoms with van der Waals surface area (Å²) in [5, 5.41) is 5.93. The molecule has 0 aliphatic carbocycles. The van der Waals surface area contributed by atoms with Gasteiger partial charge in [-0.15, -0.1) is 6.58 Å². The van der Waals surface area contributed by atoms with E-state index in [4.69, 9.17) is 0 Å². The lowest BCUT2D eigenvalue weighted by Crippen LogP contribution is -2.24. The lowest BCUT2D eigenvalue weighted by atomic mass is 10.2. The second-order valence-corrected chi connectivity index (χ2v) is 4.43. The third-order valence-electron chi connectivity index (χ3n) is 2.71. The Balaban J connectivity index is 2.04. The summed E-state index contributed by atoms with van der Waals surface area (Å²) in [7, 11) is 0.